The normalized spacial score (nSPS) is 13.0. The molecule has 5 nitrogen and oxygen atoms in total. The molecular formula is C14H23NO4S. The summed E-state index contributed by atoms with van der Waals surface area (Å²) >= 11 is 0. The van der Waals surface area contributed by atoms with Crippen molar-refractivity contribution >= 4 is 9.84 Å². The molecule has 0 aliphatic heterocycles. The first-order valence-electron chi connectivity index (χ1n) is 6.57. The number of hydrogen-bond donors (Lipinski definition) is 1. The maximum atomic E-state index is 11.2. The van der Waals surface area contributed by atoms with E-state index in [-0.39, 0.29) is 11.8 Å². The number of hydrogen-bond acceptors (Lipinski definition) is 5. The second-order valence-electron chi connectivity index (χ2n) is 4.76. The van der Waals surface area contributed by atoms with Gasteiger partial charge in [-0.1, -0.05) is 12.1 Å². The van der Waals surface area contributed by atoms with Crippen molar-refractivity contribution in [1.82, 2.24) is 5.32 Å². The molecule has 1 unspecified atom stereocenters. The fourth-order valence-corrected chi connectivity index (χ4v) is 3.02. The topological polar surface area (TPSA) is 64.6 Å². The molecule has 114 valence electrons. The zero-order chi connectivity index (χ0) is 15.2. The van der Waals surface area contributed by atoms with Gasteiger partial charge in [-0.2, -0.15) is 0 Å². The van der Waals surface area contributed by atoms with Crippen LogP contribution in [0.25, 0.3) is 0 Å². The van der Waals surface area contributed by atoms with Crippen LogP contribution in [-0.4, -0.2) is 40.2 Å². The summed E-state index contributed by atoms with van der Waals surface area (Å²) in [7, 11) is -1.38. The molecule has 0 heterocycles. The Balaban J connectivity index is 2.75. The molecule has 6 heteroatoms. The molecule has 0 fully saturated rings. The highest BCUT2D eigenvalue weighted by Crippen LogP contribution is 2.30. The van der Waals surface area contributed by atoms with E-state index in [2.05, 4.69) is 5.32 Å². The maximum absolute atomic E-state index is 11.2. The minimum atomic E-state index is -2.98. The van der Waals surface area contributed by atoms with Crippen LogP contribution in [0.5, 0.6) is 11.5 Å². The lowest BCUT2D eigenvalue weighted by atomic mass is 10.1. The van der Waals surface area contributed by atoms with E-state index in [0.29, 0.717) is 24.7 Å². The molecule has 0 radical (unpaired) electrons. The Kier molecular flexibility index (Phi) is 6.29. The Labute approximate surface area is 121 Å². The van der Waals surface area contributed by atoms with Crippen LogP contribution >= 0.6 is 0 Å². The number of methoxy groups -OCH3 is 1. The Morgan fingerprint density at radius 1 is 1.35 bits per heavy atom. The second kappa shape index (κ2) is 7.50. The predicted molar refractivity (Wildman–Crippen MR) is 80.2 cm³/mol. The van der Waals surface area contributed by atoms with E-state index < -0.39 is 9.84 Å². The van der Waals surface area contributed by atoms with Crippen LogP contribution in [0.1, 0.15) is 19.4 Å². The molecule has 1 aromatic rings. The van der Waals surface area contributed by atoms with Gasteiger partial charge < -0.3 is 14.8 Å². The number of rotatable bonds is 8. The second-order valence-corrected chi connectivity index (χ2v) is 6.94. The van der Waals surface area contributed by atoms with Gasteiger partial charge in [0, 0.05) is 24.4 Å². The van der Waals surface area contributed by atoms with Crippen LogP contribution < -0.4 is 14.8 Å². The Hall–Kier alpha value is -1.27. The fourth-order valence-electron chi connectivity index (χ4n) is 2.00. The molecule has 0 aromatic heterocycles. The van der Waals surface area contributed by atoms with Crippen molar-refractivity contribution in [3.05, 3.63) is 23.8 Å². The summed E-state index contributed by atoms with van der Waals surface area (Å²) < 4.78 is 33.3. The molecule has 1 atom stereocenters. The van der Waals surface area contributed by atoms with E-state index in [9.17, 15) is 8.42 Å². The first-order chi connectivity index (χ1) is 9.37. The van der Waals surface area contributed by atoms with Gasteiger partial charge in [0.2, 0.25) is 0 Å². The van der Waals surface area contributed by atoms with Gasteiger partial charge in [-0.3, -0.25) is 0 Å². The monoisotopic (exact) mass is 301 g/mol. The molecule has 1 aromatic carbocycles. The lowest BCUT2D eigenvalue weighted by Crippen LogP contribution is -2.32. The Bertz CT molecular complexity index is 528. The van der Waals surface area contributed by atoms with Crippen molar-refractivity contribution in [2.75, 3.05) is 25.7 Å². The third kappa shape index (κ3) is 5.38. The van der Waals surface area contributed by atoms with Crippen molar-refractivity contribution in [2.24, 2.45) is 0 Å². The van der Waals surface area contributed by atoms with Gasteiger partial charge >= 0.3 is 0 Å². The van der Waals surface area contributed by atoms with Crippen molar-refractivity contribution in [3.63, 3.8) is 0 Å². The van der Waals surface area contributed by atoms with Crippen LogP contribution in [0.4, 0.5) is 0 Å². The van der Waals surface area contributed by atoms with Crippen LogP contribution in [0, 0.1) is 0 Å². The van der Waals surface area contributed by atoms with Gasteiger partial charge in [-0.05, 0) is 19.9 Å². The minimum Gasteiger partial charge on any atom is -0.493 e. The molecule has 1 N–H and O–H groups in total. The van der Waals surface area contributed by atoms with Crippen LogP contribution in [-0.2, 0) is 16.4 Å². The summed E-state index contributed by atoms with van der Waals surface area (Å²) in [6.45, 7) is 4.86. The highest BCUT2D eigenvalue weighted by atomic mass is 32.2. The van der Waals surface area contributed by atoms with E-state index in [0.717, 1.165) is 5.56 Å². The molecule has 20 heavy (non-hydrogen) atoms. The zero-order valence-corrected chi connectivity index (χ0v) is 13.3. The van der Waals surface area contributed by atoms with Crippen LogP contribution in [0.2, 0.25) is 0 Å². The van der Waals surface area contributed by atoms with Gasteiger partial charge in [-0.15, -0.1) is 0 Å². The standard InChI is InChI=1S/C14H23NO4S/c1-5-19-13-8-6-7-12(14(13)18-3)9-15-11(2)10-20(4,16)17/h6-8,11,15H,5,9-10H2,1-4H3. The molecule has 1 rings (SSSR count). The van der Waals surface area contributed by atoms with E-state index >= 15 is 0 Å². The summed E-state index contributed by atoms with van der Waals surface area (Å²) in [5.74, 6) is 1.50. The molecule has 0 saturated carbocycles. The summed E-state index contributed by atoms with van der Waals surface area (Å²) in [6.07, 6.45) is 1.24. The number of para-hydroxylation sites is 1. The van der Waals surface area contributed by atoms with Gasteiger partial charge in [0.1, 0.15) is 9.84 Å². The largest absolute Gasteiger partial charge is 0.493 e. The van der Waals surface area contributed by atoms with Crippen molar-refractivity contribution < 1.29 is 17.9 Å². The highest BCUT2D eigenvalue weighted by molar-refractivity contribution is 7.90. The SMILES string of the molecule is CCOc1cccc(CNC(C)CS(C)(=O)=O)c1OC. The number of benzene rings is 1. The summed E-state index contributed by atoms with van der Waals surface area (Å²) in [5, 5.41) is 3.18. The molecule has 0 aliphatic rings. The van der Waals surface area contributed by atoms with E-state index in [1.54, 1.807) is 7.11 Å². The van der Waals surface area contributed by atoms with Gasteiger partial charge in [-0.25, -0.2) is 8.42 Å². The smallest absolute Gasteiger partial charge is 0.165 e. The summed E-state index contributed by atoms with van der Waals surface area (Å²) in [5.41, 5.74) is 0.943. The molecule has 0 amide bonds. The lowest BCUT2D eigenvalue weighted by Gasteiger charge is -2.16. The Morgan fingerprint density at radius 2 is 2.05 bits per heavy atom. The van der Waals surface area contributed by atoms with Crippen molar-refractivity contribution in [1.29, 1.82) is 0 Å². The first kappa shape index (κ1) is 16.8. The predicted octanol–water partition coefficient (Wildman–Crippen LogP) is 1.62. The average molecular weight is 301 g/mol. The van der Waals surface area contributed by atoms with Gasteiger partial charge in [0.15, 0.2) is 11.5 Å². The van der Waals surface area contributed by atoms with E-state index in [1.165, 1.54) is 6.26 Å². The van der Waals surface area contributed by atoms with Crippen LogP contribution in [0.15, 0.2) is 18.2 Å². The summed E-state index contributed by atoms with van der Waals surface area (Å²) in [4.78, 5) is 0. The molecular weight excluding hydrogens is 278 g/mol. The van der Waals surface area contributed by atoms with Gasteiger partial charge in [0.05, 0.1) is 19.5 Å². The maximum Gasteiger partial charge on any atom is 0.165 e. The minimum absolute atomic E-state index is 0.112. The quantitative estimate of drug-likeness (QED) is 0.790. The van der Waals surface area contributed by atoms with Crippen LogP contribution in [0.3, 0.4) is 0 Å². The zero-order valence-electron chi connectivity index (χ0n) is 12.5. The molecule has 0 bridgehead atoms. The Morgan fingerprint density at radius 3 is 2.60 bits per heavy atom. The highest BCUT2D eigenvalue weighted by Gasteiger charge is 2.13. The first-order valence-corrected chi connectivity index (χ1v) is 8.63. The molecule has 0 spiro atoms. The van der Waals surface area contributed by atoms with E-state index in [4.69, 9.17) is 9.47 Å². The molecule has 0 aliphatic carbocycles. The fraction of sp³-hybridized carbons (Fsp3) is 0.571. The molecule has 0 saturated heterocycles. The third-order valence-electron chi connectivity index (χ3n) is 2.76. The summed E-state index contributed by atoms with van der Waals surface area (Å²) in [6, 6.07) is 5.56. The third-order valence-corrected chi connectivity index (χ3v) is 3.86. The average Bonchev–Trinajstić information content (AvgIpc) is 2.35. The lowest BCUT2D eigenvalue weighted by molar-refractivity contribution is 0.308. The number of ether oxygens (including phenoxy) is 2. The van der Waals surface area contributed by atoms with Gasteiger partial charge in [0.25, 0.3) is 0 Å². The van der Waals surface area contributed by atoms with E-state index in [1.807, 2.05) is 32.0 Å². The number of sulfone groups is 1. The van der Waals surface area contributed by atoms with Crippen molar-refractivity contribution in [3.8, 4) is 11.5 Å². The number of nitrogens with one attached hydrogen (secondary N) is 1. The van der Waals surface area contributed by atoms with Crippen molar-refractivity contribution in [2.45, 2.75) is 26.4 Å².